The minimum Gasteiger partial charge on any atom is -0.453 e. The van der Waals surface area contributed by atoms with E-state index in [-0.39, 0.29) is 6.47 Å². The zero-order valence-corrected chi connectivity index (χ0v) is 9.53. The maximum absolute atomic E-state index is 11.7. The van der Waals surface area contributed by atoms with Crippen molar-refractivity contribution in [3.8, 4) is 0 Å². The zero-order valence-electron chi connectivity index (χ0n) is 7.26. The van der Waals surface area contributed by atoms with Gasteiger partial charge in [-0.3, -0.25) is 4.79 Å². The average Bonchev–Trinajstić information content (AvgIpc) is 2.07. The predicted octanol–water partition coefficient (Wildman–Crippen LogP) is 2.00. The monoisotopic (exact) mass is 302 g/mol. The summed E-state index contributed by atoms with van der Waals surface area (Å²) < 4.78 is 40.4. The van der Waals surface area contributed by atoms with Gasteiger partial charge in [0.1, 0.15) is 0 Å². The van der Waals surface area contributed by atoms with Gasteiger partial charge >= 0.3 is 12.1 Å². The summed E-state index contributed by atoms with van der Waals surface area (Å²) in [6.07, 6.45) is -6.79. The van der Waals surface area contributed by atoms with Crippen LogP contribution in [0.15, 0.2) is 0 Å². The molecule has 0 bridgehead atoms. The lowest BCUT2D eigenvalue weighted by molar-refractivity contribution is -0.193. The van der Waals surface area contributed by atoms with Crippen molar-refractivity contribution in [1.82, 2.24) is 0 Å². The van der Waals surface area contributed by atoms with Crippen molar-refractivity contribution in [1.29, 1.82) is 0 Å². The molecule has 94 valence electrons. The molecule has 0 aliphatic carbocycles. The molecule has 0 spiro atoms. The second-order valence-electron chi connectivity index (χ2n) is 2.38. The van der Waals surface area contributed by atoms with E-state index in [0.717, 1.165) is 0 Å². The lowest BCUT2D eigenvalue weighted by Crippen LogP contribution is -2.39. The molecule has 1 atom stereocenters. The Balaban J connectivity index is 4.46. The highest BCUT2D eigenvalue weighted by Gasteiger charge is 2.43. The lowest BCUT2D eigenvalue weighted by atomic mass is 10.4. The second-order valence-corrected chi connectivity index (χ2v) is 4.75. The van der Waals surface area contributed by atoms with Crippen LogP contribution in [0.5, 0.6) is 0 Å². The topological polar surface area (TPSA) is 52.6 Å². The number of alkyl halides is 6. The first-order valence-corrected chi connectivity index (χ1v) is 4.60. The highest BCUT2D eigenvalue weighted by molar-refractivity contribution is 6.68. The Morgan fingerprint density at radius 1 is 1.31 bits per heavy atom. The summed E-state index contributed by atoms with van der Waals surface area (Å²) in [4.78, 5) is 20.9. The van der Waals surface area contributed by atoms with E-state index in [1.807, 2.05) is 0 Å². The standard InChI is InChI=1S/C6H4Cl3F3O4/c7-6(8,9)3(16-2-13)4(14)15-1-5(10,11)12/h2-3H,1H2. The molecule has 0 radical (unpaired) electrons. The van der Waals surface area contributed by atoms with Gasteiger partial charge in [0.2, 0.25) is 9.90 Å². The minimum atomic E-state index is -4.73. The molecule has 0 aromatic rings. The molecule has 0 fully saturated rings. The van der Waals surface area contributed by atoms with E-state index in [1.54, 1.807) is 0 Å². The van der Waals surface area contributed by atoms with E-state index in [2.05, 4.69) is 9.47 Å². The van der Waals surface area contributed by atoms with E-state index in [9.17, 15) is 22.8 Å². The maximum atomic E-state index is 11.7. The van der Waals surface area contributed by atoms with Crippen molar-refractivity contribution in [3.05, 3.63) is 0 Å². The van der Waals surface area contributed by atoms with Gasteiger partial charge in [0.05, 0.1) is 0 Å². The molecule has 0 aromatic carbocycles. The molecule has 16 heavy (non-hydrogen) atoms. The number of rotatable bonds is 4. The van der Waals surface area contributed by atoms with Crippen LogP contribution in [0, 0.1) is 0 Å². The van der Waals surface area contributed by atoms with Gasteiger partial charge in [-0.15, -0.1) is 0 Å². The molecule has 0 aromatic heterocycles. The fraction of sp³-hybridized carbons (Fsp3) is 0.667. The average molecular weight is 303 g/mol. The van der Waals surface area contributed by atoms with E-state index >= 15 is 0 Å². The Labute approximate surface area is 103 Å². The lowest BCUT2D eigenvalue weighted by Gasteiger charge is -2.20. The van der Waals surface area contributed by atoms with Crippen molar-refractivity contribution >= 4 is 47.2 Å². The molecule has 1 unspecified atom stereocenters. The van der Waals surface area contributed by atoms with Crippen LogP contribution < -0.4 is 0 Å². The molecular weight excluding hydrogens is 299 g/mol. The first-order valence-electron chi connectivity index (χ1n) is 3.47. The van der Waals surface area contributed by atoms with Crippen molar-refractivity contribution < 1.29 is 32.2 Å². The molecule has 4 nitrogen and oxygen atoms in total. The first-order chi connectivity index (χ1) is 7.08. The molecule has 0 saturated carbocycles. The third-order valence-electron chi connectivity index (χ3n) is 1.08. The Kier molecular flexibility index (Phi) is 5.64. The Morgan fingerprint density at radius 2 is 1.81 bits per heavy atom. The van der Waals surface area contributed by atoms with Gasteiger partial charge in [0.15, 0.2) is 6.61 Å². The summed E-state index contributed by atoms with van der Waals surface area (Å²) in [5.74, 6) is -1.61. The van der Waals surface area contributed by atoms with Crippen LogP contribution in [0.25, 0.3) is 0 Å². The molecule has 0 rings (SSSR count). The smallest absolute Gasteiger partial charge is 0.422 e. The Bertz CT molecular complexity index is 263. The third-order valence-corrected chi connectivity index (χ3v) is 1.68. The number of halogens is 6. The summed E-state index contributed by atoms with van der Waals surface area (Å²) >= 11 is 15.6. The van der Waals surface area contributed by atoms with Gasteiger partial charge in [0.25, 0.3) is 6.47 Å². The van der Waals surface area contributed by atoms with Crippen LogP contribution in [0.2, 0.25) is 0 Å². The van der Waals surface area contributed by atoms with Crippen molar-refractivity contribution in [2.24, 2.45) is 0 Å². The summed E-state index contributed by atoms with van der Waals surface area (Å²) in [6.45, 7) is -2.12. The van der Waals surface area contributed by atoms with Crippen LogP contribution in [-0.2, 0) is 19.1 Å². The molecule has 0 saturated heterocycles. The van der Waals surface area contributed by atoms with Crippen molar-refractivity contribution in [2.45, 2.75) is 16.1 Å². The SMILES string of the molecule is O=COC(C(=O)OCC(F)(F)F)C(Cl)(Cl)Cl. The van der Waals surface area contributed by atoms with Gasteiger partial charge in [0, 0.05) is 0 Å². The van der Waals surface area contributed by atoms with Crippen LogP contribution in [-0.4, -0.2) is 35.1 Å². The van der Waals surface area contributed by atoms with Gasteiger partial charge in [-0.2, -0.15) is 13.2 Å². The van der Waals surface area contributed by atoms with Gasteiger partial charge in [-0.05, 0) is 0 Å². The highest BCUT2D eigenvalue weighted by Crippen LogP contribution is 2.33. The van der Waals surface area contributed by atoms with E-state index in [1.165, 1.54) is 0 Å². The Morgan fingerprint density at radius 3 is 2.12 bits per heavy atom. The quantitative estimate of drug-likeness (QED) is 0.453. The van der Waals surface area contributed by atoms with Gasteiger partial charge in [-0.1, -0.05) is 34.8 Å². The number of ether oxygens (including phenoxy) is 2. The molecular formula is C6H4Cl3F3O4. The molecule has 0 N–H and O–H groups in total. The number of carbonyl (C=O) groups is 2. The predicted molar refractivity (Wildman–Crippen MR) is 48.2 cm³/mol. The number of hydrogen-bond donors (Lipinski definition) is 0. The normalized spacial score (nSPS) is 14.1. The van der Waals surface area contributed by atoms with Crippen LogP contribution in [0.4, 0.5) is 13.2 Å². The summed E-state index contributed by atoms with van der Waals surface area (Å²) in [5.41, 5.74) is 0. The molecule has 0 amide bonds. The van der Waals surface area contributed by atoms with Crippen LogP contribution in [0.3, 0.4) is 0 Å². The van der Waals surface area contributed by atoms with E-state index < -0.39 is 28.6 Å². The third kappa shape index (κ3) is 6.24. The molecule has 0 heterocycles. The van der Waals surface area contributed by atoms with Gasteiger partial charge < -0.3 is 9.47 Å². The molecule has 0 aliphatic rings. The van der Waals surface area contributed by atoms with Crippen molar-refractivity contribution in [3.63, 3.8) is 0 Å². The first kappa shape index (κ1) is 15.6. The summed E-state index contributed by atoms with van der Waals surface area (Å²) in [6, 6.07) is 0. The highest BCUT2D eigenvalue weighted by atomic mass is 35.6. The number of esters is 1. The maximum Gasteiger partial charge on any atom is 0.422 e. The second kappa shape index (κ2) is 5.79. The summed E-state index contributed by atoms with van der Waals surface area (Å²) in [5, 5.41) is 0. The van der Waals surface area contributed by atoms with E-state index in [4.69, 9.17) is 34.8 Å². The fourth-order valence-corrected chi connectivity index (χ4v) is 0.972. The number of hydrogen-bond acceptors (Lipinski definition) is 4. The Hall–Kier alpha value is -0.400. The summed E-state index contributed by atoms with van der Waals surface area (Å²) in [7, 11) is 0. The fourth-order valence-electron chi connectivity index (χ4n) is 0.551. The van der Waals surface area contributed by atoms with Crippen molar-refractivity contribution in [2.75, 3.05) is 6.61 Å². The number of carbonyl (C=O) groups excluding carboxylic acids is 2. The van der Waals surface area contributed by atoms with Crippen LogP contribution in [0.1, 0.15) is 0 Å². The van der Waals surface area contributed by atoms with Gasteiger partial charge in [-0.25, -0.2) is 4.79 Å². The minimum absolute atomic E-state index is 0.249. The largest absolute Gasteiger partial charge is 0.453 e. The van der Waals surface area contributed by atoms with Crippen LogP contribution >= 0.6 is 34.8 Å². The molecule has 0 aliphatic heterocycles. The molecule has 10 heteroatoms. The zero-order chi connectivity index (χ0) is 13.0. The van der Waals surface area contributed by atoms with E-state index in [0.29, 0.717) is 0 Å².